The van der Waals surface area contributed by atoms with Crippen LogP contribution in [0.2, 0.25) is 5.02 Å². The number of hydrogen-bond acceptors (Lipinski definition) is 3. The first-order chi connectivity index (χ1) is 12.4. The summed E-state index contributed by atoms with van der Waals surface area (Å²) in [5.41, 5.74) is 1.68. The predicted molar refractivity (Wildman–Crippen MR) is 112 cm³/mol. The van der Waals surface area contributed by atoms with E-state index in [1.807, 2.05) is 42.5 Å². The third-order valence-corrected chi connectivity index (χ3v) is 6.87. The van der Waals surface area contributed by atoms with E-state index in [-0.39, 0.29) is 4.90 Å². The van der Waals surface area contributed by atoms with Gasteiger partial charge >= 0.3 is 0 Å². The van der Waals surface area contributed by atoms with Crippen LogP contribution in [0.5, 0.6) is 0 Å². The van der Waals surface area contributed by atoms with Gasteiger partial charge in [0.25, 0.3) is 10.0 Å². The summed E-state index contributed by atoms with van der Waals surface area (Å²) < 4.78 is 28.8. The molecule has 134 valence electrons. The van der Waals surface area contributed by atoms with E-state index < -0.39 is 10.0 Å². The zero-order valence-corrected chi connectivity index (χ0v) is 17.5. The Morgan fingerprint density at radius 2 is 1.58 bits per heavy atom. The number of nitrogens with one attached hydrogen (secondary N) is 1. The van der Waals surface area contributed by atoms with E-state index in [9.17, 15) is 8.42 Å². The summed E-state index contributed by atoms with van der Waals surface area (Å²) >= 11 is 10.8. The number of hydrogen-bond donors (Lipinski definition) is 1. The second-order valence-corrected chi connectivity index (χ2v) is 9.52. The molecular formula is C19H15BrClNO2S2. The molecule has 0 spiro atoms. The number of para-hydroxylation sites is 1. The lowest BCUT2D eigenvalue weighted by Gasteiger charge is -2.12. The van der Waals surface area contributed by atoms with Crippen molar-refractivity contribution >= 4 is 55.0 Å². The highest BCUT2D eigenvalue weighted by molar-refractivity contribution is 9.10. The average Bonchev–Trinajstić information content (AvgIpc) is 2.62. The SMILES string of the molecule is O=S(=O)(Nc1ccccc1SCc1ccc(Cl)cc1)c1ccc(Br)cc1. The summed E-state index contributed by atoms with van der Waals surface area (Å²) in [7, 11) is -3.64. The van der Waals surface area contributed by atoms with Crippen molar-refractivity contribution in [2.24, 2.45) is 0 Å². The van der Waals surface area contributed by atoms with Gasteiger partial charge in [0.15, 0.2) is 0 Å². The molecule has 0 heterocycles. The topological polar surface area (TPSA) is 46.2 Å². The standard InChI is InChI=1S/C19H15BrClNO2S2/c20-15-7-11-17(12-8-15)26(23,24)22-18-3-1-2-4-19(18)25-13-14-5-9-16(21)10-6-14/h1-12,22H,13H2. The maximum atomic E-state index is 12.6. The molecule has 3 rings (SSSR count). The molecule has 0 unspecified atom stereocenters. The van der Waals surface area contributed by atoms with Crippen LogP contribution in [-0.2, 0) is 15.8 Å². The Hall–Kier alpha value is -1.47. The van der Waals surface area contributed by atoms with E-state index in [0.29, 0.717) is 16.5 Å². The van der Waals surface area contributed by atoms with Crippen LogP contribution in [0.1, 0.15) is 5.56 Å². The summed E-state index contributed by atoms with van der Waals surface area (Å²) in [6, 6.07) is 21.5. The van der Waals surface area contributed by atoms with E-state index >= 15 is 0 Å². The highest BCUT2D eigenvalue weighted by atomic mass is 79.9. The molecule has 0 bridgehead atoms. The third-order valence-electron chi connectivity index (χ3n) is 3.56. The lowest BCUT2D eigenvalue weighted by molar-refractivity contribution is 0.601. The lowest BCUT2D eigenvalue weighted by Crippen LogP contribution is -2.13. The molecule has 0 saturated heterocycles. The smallest absolute Gasteiger partial charge is 0.261 e. The highest BCUT2D eigenvalue weighted by Gasteiger charge is 2.16. The molecule has 0 atom stereocenters. The third kappa shape index (κ3) is 5.04. The van der Waals surface area contributed by atoms with Crippen LogP contribution in [0.3, 0.4) is 0 Å². The minimum Gasteiger partial charge on any atom is -0.278 e. The molecule has 3 aromatic rings. The van der Waals surface area contributed by atoms with E-state index in [0.717, 1.165) is 14.9 Å². The van der Waals surface area contributed by atoms with Crippen LogP contribution < -0.4 is 4.72 Å². The minimum absolute atomic E-state index is 0.221. The van der Waals surface area contributed by atoms with Crippen molar-refractivity contribution in [3.63, 3.8) is 0 Å². The molecule has 3 nitrogen and oxygen atoms in total. The van der Waals surface area contributed by atoms with Gasteiger partial charge in [0, 0.05) is 20.1 Å². The van der Waals surface area contributed by atoms with Crippen LogP contribution in [-0.4, -0.2) is 8.42 Å². The van der Waals surface area contributed by atoms with Crippen molar-refractivity contribution in [2.45, 2.75) is 15.5 Å². The number of anilines is 1. The maximum absolute atomic E-state index is 12.6. The van der Waals surface area contributed by atoms with Crippen LogP contribution >= 0.6 is 39.3 Å². The number of sulfonamides is 1. The van der Waals surface area contributed by atoms with Crippen LogP contribution in [0.25, 0.3) is 0 Å². The van der Waals surface area contributed by atoms with E-state index in [2.05, 4.69) is 20.7 Å². The van der Waals surface area contributed by atoms with Crippen LogP contribution in [0.4, 0.5) is 5.69 Å². The zero-order chi connectivity index (χ0) is 18.6. The molecule has 0 radical (unpaired) electrons. The first kappa shape index (κ1) is 19.3. The molecule has 1 N–H and O–H groups in total. The van der Waals surface area contributed by atoms with Crippen molar-refractivity contribution in [3.8, 4) is 0 Å². The van der Waals surface area contributed by atoms with Crippen molar-refractivity contribution in [2.75, 3.05) is 4.72 Å². The first-order valence-electron chi connectivity index (χ1n) is 7.69. The number of thioether (sulfide) groups is 1. The fraction of sp³-hybridized carbons (Fsp3) is 0.0526. The van der Waals surface area contributed by atoms with Gasteiger partial charge in [0.2, 0.25) is 0 Å². The van der Waals surface area contributed by atoms with Gasteiger partial charge in [-0.15, -0.1) is 11.8 Å². The number of benzene rings is 3. The summed E-state index contributed by atoms with van der Waals surface area (Å²) in [6.45, 7) is 0. The fourth-order valence-corrected chi connectivity index (χ4v) is 4.73. The van der Waals surface area contributed by atoms with Crippen LogP contribution in [0.15, 0.2) is 87.1 Å². The van der Waals surface area contributed by atoms with Gasteiger partial charge in [-0.25, -0.2) is 8.42 Å². The molecular weight excluding hydrogens is 454 g/mol. The second-order valence-electron chi connectivity index (χ2n) is 5.47. The van der Waals surface area contributed by atoms with Gasteiger partial charge in [0.05, 0.1) is 10.6 Å². The van der Waals surface area contributed by atoms with Gasteiger partial charge in [-0.2, -0.15) is 0 Å². The number of halogens is 2. The average molecular weight is 469 g/mol. The molecule has 0 aliphatic carbocycles. The monoisotopic (exact) mass is 467 g/mol. The van der Waals surface area contributed by atoms with Gasteiger partial charge in [0.1, 0.15) is 0 Å². The molecule has 26 heavy (non-hydrogen) atoms. The van der Waals surface area contributed by atoms with Gasteiger partial charge in [-0.05, 0) is 54.1 Å². The molecule has 0 amide bonds. The Labute approximate surface area is 171 Å². The molecule has 7 heteroatoms. The Bertz CT molecular complexity index is 991. The van der Waals surface area contributed by atoms with E-state index in [1.165, 1.54) is 0 Å². The van der Waals surface area contributed by atoms with E-state index in [4.69, 9.17) is 11.6 Å². The Balaban J connectivity index is 1.78. The normalized spacial score (nSPS) is 11.3. The Kier molecular flexibility index (Phi) is 6.29. The number of rotatable bonds is 6. The largest absolute Gasteiger partial charge is 0.278 e. The minimum atomic E-state index is -3.64. The van der Waals surface area contributed by atoms with Crippen LogP contribution in [0, 0.1) is 0 Å². The van der Waals surface area contributed by atoms with Crippen molar-refractivity contribution in [3.05, 3.63) is 87.9 Å². The second kappa shape index (κ2) is 8.48. The first-order valence-corrected chi connectivity index (χ1v) is 11.3. The summed E-state index contributed by atoms with van der Waals surface area (Å²) in [6.07, 6.45) is 0. The van der Waals surface area contributed by atoms with Crippen molar-refractivity contribution in [1.29, 1.82) is 0 Å². The summed E-state index contributed by atoms with van der Waals surface area (Å²) in [5.74, 6) is 0.716. The molecule has 0 fully saturated rings. The van der Waals surface area contributed by atoms with Gasteiger partial charge in [-0.3, -0.25) is 4.72 Å². The predicted octanol–water partition coefficient (Wildman–Crippen LogP) is 6.20. The fourth-order valence-electron chi connectivity index (χ4n) is 2.24. The van der Waals surface area contributed by atoms with Crippen molar-refractivity contribution < 1.29 is 8.42 Å². The highest BCUT2D eigenvalue weighted by Crippen LogP contribution is 2.31. The summed E-state index contributed by atoms with van der Waals surface area (Å²) in [5, 5.41) is 0.696. The summed E-state index contributed by atoms with van der Waals surface area (Å²) in [4.78, 5) is 1.08. The Morgan fingerprint density at radius 1 is 0.923 bits per heavy atom. The van der Waals surface area contributed by atoms with Crippen molar-refractivity contribution in [1.82, 2.24) is 0 Å². The molecule has 0 aliphatic rings. The van der Waals surface area contributed by atoms with Gasteiger partial charge in [-0.1, -0.05) is 51.8 Å². The maximum Gasteiger partial charge on any atom is 0.261 e. The van der Waals surface area contributed by atoms with E-state index in [1.54, 1.807) is 42.1 Å². The Morgan fingerprint density at radius 3 is 2.27 bits per heavy atom. The molecule has 0 saturated carbocycles. The molecule has 3 aromatic carbocycles. The van der Waals surface area contributed by atoms with Gasteiger partial charge < -0.3 is 0 Å². The lowest BCUT2D eigenvalue weighted by atomic mass is 10.2. The molecule has 0 aliphatic heterocycles. The molecule has 0 aromatic heterocycles. The zero-order valence-electron chi connectivity index (χ0n) is 13.5. The quantitative estimate of drug-likeness (QED) is 0.438.